The predicted molar refractivity (Wildman–Crippen MR) is 106 cm³/mol. The highest BCUT2D eigenvalue weighted by Gasteiger charge is 2.16. The Balaban J connectivity index is 2.07. The van der Waals surface area contributed by atoms with Crippen molar-refractivity contribution in [2.75, 3.05) is 23.8 Å². The zero-order valence-corrected chi connectivity index (χ0v) is 16.0. The van der Waals surface area contributed by atoms with E-state index in [1.807, 2.05) is 63.2 Å². The second-order valence-corrected chi connectivity index (χ2v) is 5.93. The normalized spacial score (nSPS) is 11.5. The molecule has 2 aromatic carbocycles. The van der Waals surface area contributed by atoms with E-state index in [9.17, 15) is 4.79 Å². The Hall–Kier alpha value is -2.69. The summed E-state index contributed by atoms with van der Waals surface area (Å²) in [5.74, 6) is 1.32. The number of carbonyl (C=O) groups excluding carboxylic acids is 1. The number of hydrogen-bond donors (Lipinski definition) is 2. The Morgan fingerprint density at radius 2 is 1.69 bits per heavy atom. The van der Waals surface area contributed by atoms with Crippen LogP contribution in [0.1, 0.15) is 33.3 Å². The van der Waals surface area contributed by atoms with Gasteiger partial charge in [0, 0.05) is 11.8 Å². The van der Waals surface area contributed by atoms with Crippen LogP contribution in [0.5, 0.6) is 11.5 Å². The van der Waals surface area contributed by atoms with Crippen molar-refractivity contribution < 1.29 is 14.3 Å². The lowest BCUT2D eigenvalue weighted by molar-refractivity contribution is -0.116. The van der Waals surface area contributed by atoms with Crippen LogP contribution in [-0.4, -0.2) is 25.2 Å². The molecule has 0 aliphatic rings. The molecular formula is C21H28N2O3. The lowest BCUT2D eigenvalue weighted by Gasteiger charge is -2.19. The van der Waals surface area contributed by atoms with Crippen LogP contribution in [-0.2, 0) is 11.2 Å². The number of rotatable bonds is 9. The molecule has 1 amide bonds. The molecule has 0 radical (unpaired) electrons. The number of aryl methyl sites for hydroxylation is 1. The monoisotopic (exact) mass is 356 g/mol. The molecule has 0 bridgehead atoms. The summed E-state index contributed by atoms with van der Waals surface area (Å²) in [7, 11) is 0. The second kappa shape index (κ2) is 9.70. The molecule has 0 saturated heterocycles. The van der Waals surface area contributed by atoms with Crippen LogP contribution < -0.4 is 20.1 Å². The van der Waals surface area contributed by atoms with Gasteiger partial charge in [-0.25, -0.2) is 0 Å². The highest BCUT2D eigenvalue weighted by Crippen LogP contribution is 2.30. The maximum Gasteiger partial charge on any atom is 0.246 e. The van der Waals surface area contributed by atoms with Crippen LogP contribution in [0.4, 0.5) is 11.4 Å². The van der Waals surface area contributed by atoms with Gasteiger partial charge in [-0.2, -0.15) is 0 Å². The standard InChI is InChI=1S/C21H28N2O3/c1-5-16-8-10-17(11-9-16)23-21(24)15(4)22-19-14-18(25-6-2)12-13-20(19)26-7-3/h8-15,22H,5-7H2,1-4H3,(H,23,24). The summed E-state index contributed by atoms with van der Waals surface area (Å²) in [6, 6.07) is 13.0. The minimum absolute atomic E-state index is 0.112. The Bertz CT molecular complexity index is 714. The number of nitrogens with one attached hydrogen (secondary N) is 2. The average molecular weight is 356 g/mol. The number of benzene rings is 2. The van der Waals surface area contributed by atoms with E-state index < -0.39 is 6.04 Å². The van der Waals surface area contributed by atoms with Gasteiger partial charge >= 0.3 is 0 Å². The summed E-state index contributed by atoms with van der Waals surface area (Å²) in [6.45, 7) is 8.91. The van der Waals surface area contributed by atoms with E-state index in [-0.39, 0.29) is 5.91 Å². The highest BCUT2D eigenvalue weighted by atomic mass is 16.5. The summed E-state index contributed by atoms with van der Waals surface area (Å²) >= 11 is 0. The minimum atomic E-state index is -0.433. The molecule has 26 heavy (non-hydrogen) atoms. The molecule has 5 nitrogen and oxygen atoms in total. The third-order valence-corrected chi connectivity index (χ3v) is 3.96. The SMILES string of the molecule is CCOc1ccc(OCC)c(NC(C)C(=O)Nc2ccc(CC)cc2)c1. The van der Waals surface area contributed by atoms with Gasteiger partial charge in [0.2, 0.25) is 5.91 Å². The molecule has 0 aliphatic carbocycles. The number of amides is 1. The number of hydrogen-bond acceptors (Lipinski definition) is 4. The fourth-order valence-corrected chi connectivity index (χ4v) is 2.53. The van der Waals surface area contributed by atoms with E-state index in [1.165, 1.54) is 5.56 Å². The minimum Gasteiger partial charge on any atom is -0.494 e. The Labute approximate surface area is 155 Å². The van der Waals surface area contributed by atoms with Crippen LogP contribution in [0.15, 0.2) is 42.5 Å². The maximum atomic E-state index is 12.5. The molecule has 0 aromatic heterocycles. The summed E-state index contributed by atoms with van der Waals surface area (Å²) in [4.78, 5) is 12.5. The lowest BCUT2D eigenvalue weighted by Crippen LogP contribution is -2.32. The van der Waals surface area contributed by atoms with Crippen LogP contribution in [0, 0.1) is 0 Å². The van der Waals surface area contributed by atoms with E-state index in [4.69, 9.17) is 9.47 Å². The molecule has 0 spiro atoms. The van der Waals surface area contributed by atoms with Crippen molar-refractivity contribution in [2.45, 2.75) is 40.2 Å². The zero-order chi connectivity index (χ0) is 18.9. The first-order chi connectivity index (χ1) is 12.6. The average Bonchev–Trinajstić information content (AvgIpc) is 2.64. The van der Waals surface area contributed by atoms with Gasteiger partial charge < -0.3 is 20.1 Å². The van der Waals surface area contributed by atoms with E-state index in [2.05, 4.69) is 17.6 Å². The van der Waals surface area contributed by atoms with Crippen LogP contribution >= 0.6 is 0 Å². The van der Waals surface area contributed by atoms with Gasteiger partial charge in [0.25, 0.3) is 0 Å². The molecule has 1 atom stereocenters. The van der Waals surface area contributed by atoms with Gasteiger partial charge in [0.1, 0.15) is 17.5 Å². The fraction of sp³-hybridized carbons (Fsp3) is 0.381. The van der Waals surface area contributed by atoms with Crippen molar-refractivity contribution in [3.8, 4) is 11.5 Å². The molecule has 0 saturated carbocycles. The zero-order valence-electron chi connectivity index (χ0n) is 16.0. The summed E-state index contributed by atoms with van der Waals surface area (Å²) < 4.78 is 11.2. The van der Waals surface area contributed by atoms with E-state index in [0.29, 0.717) is 19.0 Å². The van der Waals surface area contributed by atoms with Gasteiger partial charge in [-0.1, -0.05) is 19.1 Å². The first-order valence-corrected chi connectivity index (χ1v) is 9.13. The van der Waals surface area contributed by atoms with Gasteiger partial charge in [-0.15, -0.1) is 0 Å². The maximum absolute atomic E-state index is 12.5. The van der Waals surface area contributed by atoms with Crippen LogP contribution in [0.2, 0.25) is 0 Å². The first kappa shape index (κ1) is 19.6. The van der Waals surface area contributed by atoms with Gasteiger partial charge in [-0.3, -0.25) is 4.79 Å². The second-order valence-electron chi connectivity index (χ2n) is 5.93. The van der Waals surface area contributed by atoms with Crippen LogP contribution in [0.25, 0.3) is 0 Å². The molecule has 0 fully saturated rings. The third kappa shape index (κ3) is 5.41. The Morgan fingerprint density at radius 1 is 1.00 bits per heavy atom. The summed E-state index contributed by atoms with van der Waals surface area (Å²) in [5, 5.41) is 6.15. The third-order valence-electron chi connectivity index (χ3n) is 3.96. The molecule has 140 valence electrons. The van der Waals surface area contributed by atoms with Crippen molar-refractivity contribution in [3.63, 3.8) is 0 Å². The fourth-order valence-electron chi connectivity index (χ4n) is 2.53. The molecule has 2 N–H and O–H groups in total. The smallest absolute Gasteiger partial charge is 0.246 e. The largest absolute Gasteiger partial charge is 0.494 e. The molecule has 5 heteroatoms. The van der Waals surface area contributed by atoms with Crippen molar-refractivity contribution in [1.82, 2.24) is 0 Å². The van der Waals surface area contributed by atoms with Gasteiger partial charge in [0.05, 0.1) is 18.9 Å². The molecule has 0 aliphatic heterocycles. The molecule has 1 unspecified atom stereocenters. The van der Waals surface area contributed by atoms with Gasteiger partial charge in [-0.05, 0) is 57.0 Å². The molecule has 2 rings (SSSR count). The summed E-state index contributed by atoms with van der Waals surface area (Å²) in [5.41, 5.74) is 2.76. The highest BCUT2D eigenvalue weighted by molar-refractivity contribution is 5.96. The Kier molecular flexibility index (Phi) is 7.33. The number of ether oxygens (including phenoxy) is 2. The van der Waals surface area contributed by atoms with E-state index >= 15 is 0 Å². The molecular weight excluding hydrogens is 328 g/mol. The first-order valence-electron chi connectivity index (χ1n) is 9.13. The van der Waals surface area contributed by atoms with Crippen molar-refractivity contribution in [1.29, 1.82) is 0 Å². The van der Waals surface area contributed by atoms with Crippen molar-refractivity contribution in [2.24, 2.45) is 0 Å². The quantitative estimate of drug-likeness (QED) is 0.695. The van der Waals surface area contributed by atoms with Crippen molar-refractivity contribution >= 4 is 17.3 Å². The molecule has 0 heterocycles. The molecule has 2 aromatic rings. The van der Waals surface area contributed by atoms with E-state index in [1.54, 1.807) is 0 Å². The number of carbonyl (C=O) groups is 1. The predicted octanol–water partition coefficient (Wildman–Crippen LogP) is 4.49. The summed E-state index contributed by atoms with van der Waals surface area (Å²) in [6.07, 6.45) is 0.975. The van der Waals surface area contributed by atoms with E-state index in [0.717, 1.165) is 23.5 Å². The van der Waals surface area contributed by atoms with Gasteiger partial charge in [0.15, 0.2) is 0 Å². The number of anilines is 2. The topological polar surface area (TPSA) is 59.6 Å². The lowest BCUT2D eigenvalue weighted by atomic mass is 10.1. The van der Waals surface area contributed by atoms with Crippen molar-refractivity contribution in [3.05, 3.63) is 48.0 Å². The Morgan fingerprint density at radius 3 is 2.31 bits per heavy atom. The van der Waals surface area contributed by atoms with Crippen LogP contribution in [0.3, 0.4) is 0 Å².